The van der Waals surface area contributed by atoms with Crippen molar-refractivity contribution < 1.29 is 9.90 Å². The molecule has 1 aromatic heterocycles. The summed E-state index contributed by atoms with van der Waals surface area (Å²) in [5.74, 6) is -0.954. The zero-order valence-electron chi connectivity index (χ0n) is 10.2. The molecule has 4 heteroatoms. The van der Waals surface area contributed by atoms with Gasteiger partial charge in [0, 0.05) is 6.20 Å². The third-order valence-electron chi connectivity index (χ3n) is 3.09. The molecule has 0 saturated heterocycles. The molecule has 3 aromatic rings. The van der Waals surface area contributed by atoms with Crippen LogP contribution in [0.1, 0.15) is 15.9 Å². The lowest BCUT2D eigenvalue weighted by molar-refractivity contribution is 0.0697. The van der Waals surface area contributed by atoms with Crippen LogP contribution in [0.4, 0.5) is 0 Å². The van der Waals surface area contributed by atoms with Crippen molar-refractivity contribution in [3.8, 4) is 0 Å². The van der Waals surface area contributed by atoms with Gasteiger partial charge >= 0.3 is 5.97 Å². The number of benzene rings is 2. The van der Waals surface area contributed by atoms with E-state index in [1.54, 1.807) is 10.9 Å². The Labute approximate surface area is 109 Å². The Balaban J connectivity index is 1.98. The van der Waals surface area contributed by atoms with E-state index in [0.29, 0.717) is 6.54 Å². The van der Waals surface area contributed by atoms with E-state index in [1.807, 2.05) is 24.3 Å². The predicted octanol–water partition coefficient (Wildman–Crippen LogP) is 2.78. The van der Waals surface area contributed by atoms with E-state index in [9.17, 15) is 4.79 Å². The zero-order chi connectivity index (χ0) is 13.2. The highest BCUT2D eigenvalue weighted by Crippen LogP contribution is 2.19. The van der Waals surface area contributed by atoms with Gasteiger partial charge in [-0.3, -0.25) is 4.68 Å². The van der Waals surface area contributed by atoms with Crippen molar-refractivity contribution >= 4 is 16.7 Å². The van der Waals surface area contributed by atoms with Crippen LogP contribution in [-0.4, -0.2) is 20.9 Å². The summed E-state index contributed by atoms with van der Waals surface area (Å²) in [5.41, 5.74) is 1.33. The molecule has 0 radical (unpaired) electrons. The summed E-state index contributed by atoms with van der Waals surface area (Å²) in [6.45, 7) is 0.564. The van der Waals surface area contributed by atoms with E-state index in [4.69, 9.17) is 5.11 Å². The van der Waals surface area contributed by atoms with E-state index in [-0.39, 0.29) is 5.56 Å². The van der Waals surface area contributed by atoms with Crippen LogP contribution < -0.4 is 0 Å². The Morgan fingerprint density at radius 1 is 1.16 bits per heavy atom. The van der Waals surface area contributed by atoms with E-state index in [0.717, 1.165) is 10.9 Å². The number of rotatable bonds is 3. The van der Waals surface area contributed by atoms with Gasteiger partial charge < -0.3 is 5.11 Å². The van der Waals surface area contributed by atoms with Gasteiger partial charge in [-0.15, -0.1) is 0 Å². The molecule has 0 spiro atoms. The fourth-order valence-electron chi connectivity index (χ4n) is 2.17. The summed E-state index contributed by atoms with van der Waals surface area (Å²) in [5, 5.41) is 15.3. The molecule has 4 nitrogen and oxygen atoms in total. The summed E-state index contributed by atoms with van der Waals surface area (Å²) in [6, 6.07) is 14.2. The lowest BCUT2D eigenvalue weighted by Gasteiger charge is -2.06. The Morgan fingerprint density at radius 3 is 2.74 bits per heavy atom. The van der Waals surface area contributed by atoms with Crippen LogP contribution in [0, 0.1) is 0 Å². The van der Waals surface area contributed by atoms with Crippen molar-refractivity contribution in [2.24, 2.45) is 0 Å². The number of aromatic carboxylic acids is 1. The van der Waals surface area contributed by atoms with Gasteiger partial charge in [0.05, 0.1) is 18.3 Å². The second-order valence-corrected chi connectivity index (χ2v) is 4.37. The highest BCUT2D eigenvalue weighted by Gasteiger charge is 2.07. The van der Waals surface area contributed by atoms with E-state index in [1.165, 1.54) is 11.6 Å². The molecular weight excluding hydrogens is 240 g/mol. The van der Waals surface area contributed by atoms with E-state index >= 15 is 0 Å². The van der Waals surface area contributed by atoms with Crippen LogP contribution >= 0.6 is 0 Å². The topological polar surface area (TPSA) is 55.1 Å². The molecule has 19 heavy (non-hydrogen) atoms. The first kappa shape index (κ1) is 11.5. The lowest BCUT2D eigenvalue weighted by Crippen LogP contribution is -2.01. The quantitative estimate of drug-likeness (QED) is 0.779. The van der Waals surface area contributed by atoms with E-state index in [2.05, 4.69) is 23.3 Å². The third kappa shape index (κ3) is 2.20. The van der Waals surface area contributed by atoms with Gasteiger partial charge in [0.1, 0.15) is 0 Å². The average molecular weight is 252 g/mol. The van der Waals surface area contributed by atoms with Crippen LogP contribution in [0.2, 0.25) is 0 Å². The molecule has 0 fully saturated rings. The highest BCUT2D eigenvalue weighted by atomic mass is 16.4. The zero-order valence-corrected chi connectivity index (χ0v) is 10.2. The maximum absolute atomic E-state index is 10.8. The Kier molecular flexibility index (Phi) is 2.76. The monoisotopic (exact) mass is 252 g/mol. The van der Waals surface area contributed by atoms with Crippen molar-refractivity contribution in [3.05, 3.63) is 66.0 Å². The molecule has 0 amide bonds. The largest absolute Gasteiger partial charge is 0.478 e. The number of nitrogens with zero attached hydrogens (tertiary/aromatic N) is 2. The summed E-state index contributed by atoms with van der Waals surface area (Å²) < 4.78 is 1.64. The van der Waals surface area contributed by atoms with Gasteiger partial charge in [0.25, 0.3) is 0 Å². The first-order chi connectivity index (χ1) is 9.24. The maximum Gasteiger partial charge on any atom is 0.338 e. The van der Waals surface area contributed by atoms with Crippen molar-refractivity contribution in [2.75, 3.05) is 0 Å². The molecule has 0 aliphatic carbocycles. The molecule has 0 unspecified atom stereocenters. The number of carboxylic acids is 1. The van der Waals surface area contributed by atoms with Crippen molar-refractivity contribution in [3.63, 3.8) is 0 Å². The third-order valence-corrected chi connectivity index (χ3v) is 3.09. The minimum atomic E-state index is -0.954. The number of hydrogen-bond acceptors (Lipinski definition) is 2. The number of carboxylic acid groups (broad SMARTS) is 1. The fraction of sp³-hybridized carbons (Fsp3) is 0.0667. The van der Waals surface area contributed by atoms with Gasteiger partial charge in [-0.2, -0.15) is 5.10 Å². The smallest absolute Gasteiger partial charge is 0.338 e. The predicted molar refractivity (Wildman–Crippen MR) is 72.2 cm³/mol. The van der Waals surface area contributed by atoms with Crippen molar-refractivity contribution in [2.45, 2.75) is 6.54 Å². The van der Waals surface area contributed by atoms with Gasteiger partial charge in [-0.25, -0.2) is 4.79 Å². The molecule has 2 aromatic carbocycles. The fourth-order valence-corrected chi connectivity index (χ4v) is 2.17. The van der Waals surface area contributed by atoms with Crippen LogP contribution in [0.3, 0.4) is 0 Å². The van der Waals surface area contributed by atoms with Crippen LogP contribution in [0.25, 0.3) is 10.8 Å². The minimum Gasteiger partial charge on any atom is -0.478 e. The van der Waals surface area contributed by atoms with Crippen molar-refractivity contribution in [1.29, 1.82) is 0 Å². The Bertz CT molecular complexity index is 741. The van der Waals surface area contributed by atoms with Gasteiger partial charge in [-0.05, 0) is 16.3 Å². The number of hydrogen-bond donors (Lipinski definition) is 1. The summed E-state index contributed by atoms with van der Waals surface area (Å²) in [7, 11) is 0. The van der Waals surface area contributed by atoms with E-state index < -0.39 is 5.97 Å². The van der Waals surface area contributed by atoms with Crippen LogP contribution in [-0.2, 0) is 6.54 Å². The molecule has 0 aliphatic rings. The first-order valence-corrected chi connectivity index (χ1v) is 5.96. The first-order valence-electron chi connectivity index (χ1n) is 5.96. The molecule has 0 atom stereocenters. The summed E-state index contributed by atoms with van der Waals surface area (Å²) in [6.07, 6.45) is 2.91. The van der Waals surface area contributed by atoms with Crippen LogP contribution in [0.5, 0.6) is 0 Å². The Morgan fingerprint density at radius 2 is 1.95 bits per heavy atom. The molecule has 0 saturated carbocycles. The highest BCUT2D eigenvalue weighted by molar-refractivity contribution is 5.87. The molecule has 1 N–H and O–H groups in total. The normalized spacial score (nSPS) is 10.7. The van der Waals surface area contributed by atoms with Gasteiger partial charge in [0.15, 0.2) is 0 Å². The molecule has 94 valence electrons. The summed E-state index contributed by atoms with van der Waals surface area (Å²) in [4.78, 5) is 10.8. The second-order valence-electron chi connectivity index (χ2n) is 4.37. The molecule has 0 aliphatic heterocycles. The SMILES string of the molecule is O=C(O)c1cnn(Cc2cccc3ccccc23)c1. The number of aromatic nitrogens is 2. The summed E-state index contributed by atoms with van der Waals surface area (Å²) >= 11 is 0. The molecule has 0 bridgehead atoms. The maximum atomic E-state index is 10.8. The van der Waals surface area contributed by atoms with Gasteiger partial charge in [0.2, 0.25) is 0 Å². The minimum absolute atomic E-state index is 0.209. The van der Waals surface area contributed by atoms with Crippen molar-refractivity contribution in [1.82, 2.24) is 9.78 Å². The van der Waals surface area contributed by atoms with Crippen LogP contribution in [0.15, 0.2) is 54.9 Å². The standard InChI is InChI=1S/C15H12N2O2/c18-15(19)13-8-16-17(10-13)9-12-6-3-5-11-4-1-2-7-14(11)12/h1-8,10H,9H2,(H,18,19). The molecule has 1 heterocycles. The molecule has 3 rings (SSSR count). The second kappa shape index (κ2) is 4.57. The number of carbonyl (C=O) groups is 1. The lowest BCUT2D eigenvalue weighted by atomic mass is 10.0. The molecular formula is C15H12N2O2. The van der Waals surface area contributed by atoms with Gasteiger partial charge in [-0.1, -0.05) is 42.5 Å². The Hall–Kier alpha value is -2.62. The number of fused-ring (bicyclic) bond motifs is 1. The average Bonchev–Trinajstić information content (AvgIpc) is 2.88.